The highest BCUT2D eigenvalue weighted by Gasteiger charge is 2.01. The summed E-state index contributed by atoms with van der Waals surface area (Å²) in [5.74, 6) is 4.62. The van der Waals surface area contributed by atoms with Crippen LogP contribution in [0.4, 0.5) is 4.79 Å². The van der Waals surface area contributed by atoms with Crippen LogP contribution in [0.15, 0.2) is 54.6 Å². The number of carbonyl (C=O) groups is 2. The largest absolute Gasteiger partial charge is 0.478 e. The number of ether oxygens (including phenoxy) is 1. The average Bonchev–Trinajstić information content (AvgIpc) is 2.58. The maximum atomic E-state index is 11.5. The zero-order valence-electron chi connectivity index (χ0n) is 12.3. The van der Waals surface area contributed by atoms with Gasteiger partial charge in [0, 0.05) is 5.56 Å². The van der Waals surface area contributed by atoms with E-state index in [2.05, 4.69) is 17.2 Å². The minimum absolute atomic E-state index is 0.147. The zero-order chi connectivity index (χ0) is 16.5. The lowest BCUT2D eigenvalue weighted by Crippen LogP contribution is -2.24. The molecule has 0 aliphatic heterocycles. The summed E-state index contributed by atoms with van der Waals surface area (Å²) in [6.45, 7) is 0.352. The number of alkyl carbamates (subject to hydrolysis) is 1. The molecule has 0 heterocycles. The van der Waals surface area contributed by atoms with Gasteiger partial charge in [-0.3, -0.25) is 0 Å². The molecule has 0 bridgehead atoms. The van der Waals surface area contributed by atoms with E-state index in [0.717, 1.165) is 5.56 Å². The van der Waals surface area contributed by atoms with Crippen molar-refractivity contribution >= 4 is 12.1 Å². The molecule has 0 unspecified atom stereocenters. The molecule has 0 saturated heterocycles. The van der Waals surface area contributed by atoms with Crippen LogP contribution in [-0.4, -0.2) is 23.7 Å². The molecule has 23 heavy (non-hydrogen) atoms. The van der Waals surface area contributed by atoms with E-state index >= 15 is 0 Å². The maximum absolute atomic E-state index is 11.5. The number of hydrogen-bond donors (Lipinski definition) is 2. The Morgan fingerprint density at radius 2 is 1.74 bits per heavy atom. The molecule has 2 N–H and O–H groups in total. The zero-order valence-corrected chi connectivity index (χ0v) is 12.3. The molecule has 1 amide bonds. The van der Waals surface area contributed by atoms with Gasteiger partial charge < -0.3 is 15.2 Å². The van der Waals surface area contributed by atoms with Crippen LogP contribution in [0.1, 0.15) is 21.5 Å². The molecule has 0 fully saturated rings. The molecule has 0 atom stereocenters. The fraction of sp³-hybridized carbons (Fsp3) is 0.111. The van der Waals surface area contributed by atoms with E-state index in [1.165, 1.54) is 12.1 Å². The first kappa shape index (κ1) is 16.1. The van der Waals surface area contributed by atoms with Crippen molar-refractivity contribution in [2.45, 2.75) is 6.61 Å². The number of carbonyl (C=O) groups excluding carboxylic acids is 1. The Kier molecular flexibility index (Phi) is 5.78. The van der Waals surface area contributed by atoms with Gasteiger partial charge in [0.15, 0.2) is 0 Å². The Balaban J connectivity index is 1.74. The minimum atomic E-state index is -0.979. The first-order chi connectivity index (χ1) is 11.1. The van der Waals surface area contributed by atoms with Crippen LogP contribution in [0.5, 0.6) is 0 Å². The number of rotatable bonds is 4. The topological polar surface area (TPSA) is 75.6 Å². The van der Waals surface area contributed by atoms with E-state index in [0.29, 0.717) is 5.56 Å². The fourth-order valence-corrected chi connectivity index (χ4v) is 1.73. The van der Waals surface area contributed by atoms with Gasteiger partial charge in [0.2, 0.25) is 0 Å². The number of nitrogens with one attached hydrogen (secondary N) is 1. The second kappa shape index (κ2) is 8.25. The van der Waals surface area contributed by atoms with E-state index in [1.54, 1.807) is 12.1 Å². The number of hydrogen-bond acceptors (Lipinski definition) is 3. The Morgan fingerprint density at radius 3 is 2.39 bits per heavy atom. The molecule has 5 nitrogen and oxygen atoms in total. The quantitative estimate of drug-likeness (QED) is 0.851. The number of aromatic carboxylic acids is 1. The van der Waals surface area contributed by atoms with Crippen molar-refractivity contribution in [1.29, 1.82) is 0 Å². The summed E-state index contributed by atoms with van der Waals surface area (Å²) < 4.78 is 5.04. The lowest BCUT2D eigenvalue weighted by molar-refractivity contribution is 0.0697. The predicted octanol–water partition coefficient (Wildman–Crippen LogP) is 2.66. The molecule has 0 spiro atoms. The van der Waals surface area contributed by atoms with E-state index in [9.17, 15) is 9.59 Å². The summed E-state index contributed by atoms with van der Waals surface area (Å²) in [5.41, 5.74) is 1.79. The highest BCUT2D eigenvalue weighted by atomic mass is 16.5. The summed E-state index contributed by atoms with van der Waals surface area (Å²) in [7, 11) is 0. The van der Waals surface area contributed by atoms with Gasteiger partial charge in [0.25, 0.3) is 0 Å². The molecule has 0 aliphatic rings. The van der Waals surface area contributed by atoms with Gasteiger partial charge in [0.1, 0.15) is 6.61 Å². The van der Waals surface area contributed by atoms with Crippen molar-refractivity contribution in [3.05, 3.63) is 71.3 Å². The summed E-state index contributed by atoms with van der Waals surface area (Å²) in [4.78, 5) is 22.2. The highest BCUT2D eigenvalue weighted by Crippen LogP contribution is 2.03. The molecule has 0 aliphatic carbocycles. The molecular formula is C18H15NO4. The van der Waals surface area contributed by atoms with Gasteiger partial charge in [-0.25, -0.2) is 9.59 Å². The van der Waals surface area contributed by atoms with Crippen molar-refractivity contribution in [1.82, 2.24) is 5.32 Å². The molecular weight excluding hydrogens is 294 g/mol. The minimum Gasteiger partial charge on any atom is -0.478 e. The van der Waals surface area contributed by atoms with E-state index < -0.39 is 12.1 Å². The molecule has 116 valence electrons. The molecule has 2 rings (SSSR count). The Morgan fingerprint density at radius 1 is 1.04 bits per heavy atom. The number of benzene rings is 2. The summed E-state index contributed by atoms with van der Waals surface area (Å²) >= 11 is 0. The normalized spacial score (nSPS) is 9.39. The van der Waals surface area contributed by atoms with Crippen LogP contribution in [-0.2, 0) is 11.3 Å². The monoisotopic (exact) mass is 309 g/mol. The number of carboxylic acid groups (broad SMARTS) is 1. The van der Waals surface area contributed by atoms with Gasteiger partial charge in [-0.1, -0.05) is 42.2 Å². The van der Waals surface area contributed by atoms with Crippen molar-refractivity contribution in [3.8, 4) is 11.8 Å². The van der Waals surface area contributed by atoms with Gasteiger partial charge in [-0.05, 0) is 29.8 Å². The highest BCUT2D eigenvalue weighted by molar-refractivity contribution is 5.87. The van der Waals surface area contributed by atoms with Crippen molar-refractivity contribution in [3.63, 3.8) is 0 Å². The van der Waals surface area contributed by atoms with E-state index in [4.69, 9.17) is 9.84 Å². The number of amides is 1. The van der Waals surface area contributed by atoms with Crippen molar-refractivity contribution in [2.75, 3.05) is 6.54 Å². The van der Waals surface area contributed by atoms with Crippen LogP contribution in [0.2, 0.25) is 0 Å². The third kappa shape index (κ3) is 5.56. The fourth-order valence-electron chi connectivity index (χ4n) is 1.73. The lowest BCUT2D eigenvalue weighted by Gasteiger charge is -2.04. The molecule has 2 aromatic rings. The van der Waals surface area contributed by atoms with Crippen LogP contribution in [0.25, 0.3) is 0 Å². The molecule has 2 aromatic carbocycles. The third-order valence-electron chi connectivity index (χ3n) is 2.90. The standard InChI is InChI=1S/C18H15NO4/c20-17(21)16-10-8-14(9-11-16)7-4-12-19-18(22)23-13-15-5-2-1-3-6-15/h1-3,5-6,8-11H,12-13H2,(H,19,22)(H,20,21). The van der Waals surface area contributed by atoms with Crippen molar-refractivity contribution < 1.29 is 19.4 Å². The van der Waals surface area contributed by atoms with E-state index in [1.807, 2.05) is 30.3 Å². The molecule has 0 aromatic heterocycles. The van der Waals surface area contributed by atoms with E-state index in [-0.39, 0.29) is 18.7 Å². The Hall–Kier alpha value is -3.26. The van der Waals surface area contributed by atoms with Crippen LogP contribution in [0, 0.1) is 11.8 Å². The van der Waals surface area contributed by atoms with Crippen LogP contribution in [0.3, 0.4) is 0 Å². The first-order valence-electron chi connectivity index (χ1n) is 6.92. The average molecular weight is 309 g/mol. The summed E-state index contributed by atoms with van der Waals surface area (Å²) in [6, 6.07) is 15.6. The van der Waals surface area contributed by atoms with Gasteiger partial charge in [-0.2, -0.15) is 0 Å². The lowest BCUT2D eigenvalue weighted by atomic mass is 10.1. The summed E-state index contributed by atoms with van der Waals surface area (Å²) in [5, 5.41) is 11.3. The van der Waals surface area contributed by atoms with Gasteiger partial charge >= 0.3 is 12.1 Å². The predicted molar refractivity (Wildman–Crippen MR) is 84.9 cm³/mol. The number of carboxylic acids is 1. The van der Waals surface area contributed by atoms with Crippen LogP contribution >= 0.6 is 0 Å². The molecule has 5 heteroatoms. The van der Waals surface area contributed by atoms with Crippen molar-refractivity contribution in [2.24, 2.45) is 0 Å². The Labute approximate surface area is 133 Å². The second-order valence-corrected chi connectivity index (χ2v) is 4.60. The maximum Gasteiger partial charge on any atom is 0.408 e. The summed E-state index contributed by atoms with van der Waals surface area (Å²) in [6.07, 6.45) is -0.538. The Bertz CT molecular complexity index is 727. The third-order valence-corrected chi connectivity index (χ3v) is 2.90. The van der Waals surface area contributed by atoms with Gasteiger partial charge in [-0.15, -0.1) is 0 Å². The second-order valence-electron chi connectivity index (χ2n) is 4.60. The van der Waals surface area contributed by atoms with Gasteiger partial charge in [0.05, 0.1) is 12.1 Å². The molecule has 0 radical (unpaired) electrons. The van der Waals surface area contributed by atoms with Crippen LogP contribution < -0.4 is 5.32 Å². The smallest absolute Gasteiger partial charge is 0.408 e. The molecule has 0 saturated carbocycles. The SMILES string of the molecule is O=C(NCC#Cc1ccc(C(=O)O)cc1)OCc1ccccc1. The first-order valence-corrected chi connectivity index (χ1v) is 6.92.